The Balaban J connectivity index is 0. The maximum Gasteiger partial charge on any atom is -0.147 e. The molecule has 0 bridgehead atoms. The van der Waals surface area contributed by atoms with E-state index in [1.807, 2.05) is 0 Å². The zero-order valence-electron chi connectivity index (χ0n) is 10.2. The van der Waals surface area contributed by atoms with Crippen molar-refractivity contribution in [3.05, 3.63) is 20.6 Å². The third-order valence-electron chi connectivity index (χ3n) is 3.48. The average molecular weight is 344 g/mol. The molecule has 1 aliphatic rings. The molecule has 0 aromatic carbocycles. The molecule has 0 heterocycles. The van der Waals surface area contributed by atoms with E-state index in [4.69, 9.17) is 0 Å². The first-order valence-electron chi connectivity index (χ1n) is 4.88. The molecule has 0 amide bonds. The van der Waals surface area contributed by atoms with Gasteiger partial charge in [-0.25, -0.2) is 0 Å². The van der Waals surface area contributed by atoms with E-state index in [1.165, 1.54) is 6.42 Å². The van der Waals surface area contributed by atoms with Crippen LogP contribution in [0, 0.1) is 0 Å². The second-order valence-electron chi connectivity index (χ2n) is 5.37. The molecule has 0 N–H and O–H groups in total. The molecule has 0 aliphatic heterocycles. The van der Waals surface area contributed by atoms with Crippen LogP contribution in [0.15, 0.2) is 20.6 Å². The zero-order valence-corrected chi connectivity index (χ0v) is 15.3. The quantitative estimate of drug-likeness (QED) is 0.609. The maximum absolute atomic E-state index is 2.50. The third-order valence-corrected chi connectivity index (χ3v) is 10.8. The average Bonchev–Trinajstić information content (AvgIpc) is 2.32. The van der Waals surface area contributed by atoms with Gasteiger partial charge >= 0.3 is 98.7 Å². The fourth-order valence-electron chi connectivity index (χ4n) is 1.49. The molecule has 87 valence electrons. The van der Waals surface area contributed by atoms with E-state index >= 15 is 0 Å². The van der Waals surface area contributed by atoms with Crippen LogP contribution in [-0.4, -0.2) is 8.07 Å². The number of hydrogen-bond donors (Lipinski definition) is 0. The summed E-state index contributed by atoms with van der Waals surface area (Å²) in [5.41, 5.74) is 0. The van der Waals surface area contributed by atoms with Crippen molar-refractivity contribution in [1.29, 1.82) is 0 Å². The Labute approximate surface area is 123 Å². The molecule has 15 heavy (non-hydrogen) atoms. The van der Waals surface area contributed by atoms with E-state index in [1.54, 1.807) is 33.2 Å². The standard InChI is InChI=1S/C11H19Si.2ClH.Zr/c1-11(2,3)12(4,5)10-8-6-7-9-10;;;/h6,8H,7H2,1-5H3;2*1H;. The molecule has 0 spiro atoms. The van der Waals surface area contributed by atoms with Crippen molar-refractivity contribution in [2.24, 2.45) is 0 Å². The Bertz CT molecular complexity index is 275. The Morgan fingerprint density at radius 2 is 1.67 bits per heavy atom. The van der Waals surface area contributed by atoms with Crippen molar-refractivity contribution in [2.75, 3.05) is 0 Å². The zero-order chi connectivity index (χ0) is 10.3. The van der Waals surface area contributed by atoms with Crippen LogP contribution >= 0.6 is 24.8 Å². The van der Waals surface area contributed by atoms with E-state index < -0.39 is 8.07 Å². The topological polar surface area (TPSA) is 0 Å². The summed E-state index contributed by atoms with van der Waals surface area (Å²) < 4.78 is 1.69. The van der Waals surface area contributed by atoms with E-state index in [2.05, 4.69) is 46.0 Å². The first-order valence-corrected chi connectivity index (χ1v) is 9.11. The summed E-state index contributed by atoms with van der Waals surface area (Å²) in [7, 11) is -1.22. The number of halogens is 2. The summed E-state index contributed by atoms with van der Waals surface area (Å²) in [6, 6.07) is 0. The van der Waals surface area contributed by atoms with Crippen molar-refractivity contribution in [3.8, 4) is 0 Å². The van der Waals surface area contributed by atoms with Gasteiger partial charge in [0.05, 0.1) is 0 Å². The Kier molecular flexibility index (Phi) is 7.64. The molecule has 0 saturated carbocycles. The largest absolute Gasteiger partial charge is 0.147 e. The number of hydrogen-bond acceptors (Lipinski definition) is 0. The van der Waals surface area contributed by atoms with Crippen molar-refractivity contribution in [1.82, 2.24) is 0 Å². The summed E-state index contributed by atoms with van der Waals surface area (Å²) in [6.07, 6.45) is 5.95. The van der Waals surface area contributed by atoms with Crippen molar-refractivity contribution in [3.63, 3.8) is 0 Å². The normalized spacial score (nSPS) is 16.0. The van der Waals surface area contributed by atoms with Crippen molar-refractivity contribution in [2.45, 2.75) is 45.3 Å². The molecule has 0 aromatic heterocycles. The summed E-state index contributed by atoms with van der Waals surface area (Å²) in [6.45, 7) is 12.2. The molecule has 0 radical (unpaired) electrons. The van der Waals surface area contributed by atoms with Crippen molar-refractivity contribution >= 4 is 32.9 Å². The van der Waals surface area contributed by atoms with Crippen LogP contribution in [-0.2, 0) is 24.7 Å². The predicted molar refractivity (Wildman–Crippen MR) is 72.5 cm³/mol. The number of rotatable bonds is 1. The first-order chi connectivity index (χ1) is 5.77. The monoisotopic (exact) mass is 341 g/mol. The van der Waals surface area contributed by atoms with Gasteiger partial charge < -0.3 is 0 Å². The molecule has 0 nitrogen and oxygen atoms in total. The van der Waals surface area contributed by atoms with Gasteiger partial charge in [0, 0.05) is 0 Å². The van der Waals surface area contributed by atoms with Crippen LogP contribution in [0.25, 0.3) is 0 Å². The molecular weight excluding hydrogens is 322 g/mol. The Morgan fingerprint density at radius 1 is 1.20 bits per heavy atom. The second kappa shape index (κ2) is 6.19. The molecule has 1 aliphatic carbocycles. The van der Waals surface area contributed by atoms with Gasteiger partial charge in [-0.2, -0.15) is 0 Å². The summed E-state index contributed by atoms with van der Waals surface area (Å²) in [5.74, 6) is 0. The van der Waals surface area contributed by atoms with Crippen LogP contribution < -0.4 is 0 Å². The molecule has 0 fully saturated rings. The molecule has 4 heteroatoms. The van der Waals surface area contributed by atoms with E-state index in [9.17, 15) is 0 Å². The van der Waals surface area contributed by atoms with Crippen molar-refractivity contribution < 1.29 is 24.7 Å². The van der Waals surface area contributed by atoms with Crippen LogP contribution in [0.3, 0.4) is 0 Å². The minimum absolute atomic E-state index is 0. The summed E-state index contributed by atoms with van der Waals surface area (Å²) >= 11 is 1.62. The predicted octanol–water partition coefficient (Wildman–Crippen LogP) is 4.64. The molecule has 1 rings (SSSR count). The first kappa shape index (κ1) is 18.5. The smallest absolute Gasteiger partial charge is 0.147 e. The van der Waals surface area contributed by atoms with E-state index in [0.717, 1.165) is 0 Å². The van der Waals surface area contributed by atoms with Gasteiger partial charge in [0.2, 0.25) is 0 Å². The fraction of sp³-hybridized carbons (Fsp3) is 0.636. The van der Waals surface area contributed by atoms with Gasteiger partial charge in [0.15, 0.2) is 0 Å². The maximum atomic E-state index is 2.50. The Morgan fingerprint density at radius 3 is 1.93 bits per heavy atom. The SMILES string of the molecule is CC(C)(C)[Si](C)(C)C1=[C]([Zr])CC=C1.Cl.Cl. The number of allylic oxidation sites excluding steroid dienone is 4. The van der Waals surface area contributed by atoms with Crippen LogP contribution in [0.4, 0.5) is 0 Å². The molecule has 0 unspecified atom stereocenters. The molecule has 0 atom stereocenters. The Hall–Kier alpha value is 1.16. The van der Waals surface area contributed by atoms with Gasteiger partial charge in [0.1, 0.15) is 0 Å². The van der Waals surface area contributed by atoms with Crippen LogP contribution in [0.2, 0.25) is 18.1 Å². The molecular formula is C11H21Cl2SiZr. The minimum Gasteiger partial charge on any atom is -0.147 e. The van der Waals surface area contributed by atoms with E-state index in [0.29, 0.717) is 5.04 Å². The van der Waals surface area contributed by atoms with Crippen LogP contribution in [0.1, 0.15) is 27.2 Å². The van der Waals surface area contributed by atoms with E-state index in [-0.39, 0.29) is 24.8 Å². The summed E-state index contributed by atoms with van der Waals surface area (Å²) in [5, 5.41) is 2.21. The molecule has 0 aromatic rings. The minimum atomic E-state index is -1.22. The van der Waals surface area contributed by atoms with Gasteiger partial charge in [-0.3, -0.25) is 0 Å². The van der Waals surface area contributed by atoms with Gasteiger partial charge in [-0.15, -0.1) is 24.8 Å². The van der Waals surface area contributed by atoms with Crippen LogP contribution in [0.5, 0.6) is 0 Å². The van der Waals surface area contributed by atoms with Gasteiger partial charge in [-0.05, 0) is 0 Å². The third kappa shape index (κ3) is 3.84. The fourth-order valence-corrected chi connectivity index (χ4v) is 6.49. The van der Waals surface area contributed by atoms with Gasteiger partial charge in [0.25, 0.3) is 0 Å². The summed E-state index contributed by atoms with van der Waals surface area (Å²) in [4.78, 5) is 0. The molecule has 0 saturated heterocycles. The van der Waals surface area contributed by atoms with Gasteiger partial charge in [-0.1, -0.05) is 0 Å². The second-order valence-corrected chi connectivity index (χ2v) is 12.1.